The van der Waals surface area contributed by atoms with Crippen molar-refractivity contribution in [1.29, 1.82) is 0 Å². The predicted molar refractivity (Wildman–Crippen MR) is 102 cm³/mol. The summed E-state index contributed by atoms with van der Waals surface area (Å²) in [7, 11) is 0. The van der Waals surface area contributed by atoms with Gasteiger partial charge in [-0.2, -0.15) is 0 Å². The van der Waals surface area contributed by atoms with Crippen molar-refractivity contribution in [3.8, 4) is 0 Å². The number of amides is 3. The Labute approximate surface area is 166 Å². The van der Waals surface area contributed by atoms with Crippen LogP contribution in [0, 0.1) is 17.7 Å². The van der Waals surface area contributed by atoms with Crippen LogP contribution in [0.1, 0.15) is 18.4 Å². The van der Waals surface area contributed by atoms with Crippen LogP contribution in [0.25, 0.3) is 0 Å². The first kappa shape index (κ1) is 16.9. The van der Waals surface area contributed by atoms with Gasteiger partial charge in [-0.25, -0.2) is 9.29 Å². The summed E-state index contributed by atoms with van der Waals surface area (Å²) in [6.07, 6.45) is 1.63. The second-order valence-electron chi connectivity index (χ2n) is 8.16. The Kier molecular flexibility index (Phi) is 3.20. The van der Waals surface area contributed by atoms with Gasteiger partial charge in [0.25, 0.3) is 0 Å². The van der Waals surface area contributed by atoms with Crippen LogP contribution in [0.15, 0.2) is 48.5 Å². The van der Waals surface area contributed by atoms with Gasteiger partial charge in [0.2, 0.25) is 17.7 Å². The molecule has 7 heteroatoms. The largest absolute Gasteiger partial charge is 0.324 e. The molecule has 0 radical (unpaired) electrons. The van der Waals surface area contributed by atoms with Crippen LogP contribution in [-0.4, -0.2) is 35.2 Å². The summed E-state index contributed by atoms with van der Waals surface area (Å²) >= 11 is 0. The summed E-state index contributed by atoms with van der Waals surface area (Å²) < 4.78 is 13.8. The molecule has 0 aliphatic carbocycles. The number of nitrogens with one attached hydrogen (secondary N) is 1. The highest BCUT2D eigenvalue weighted by molar-refractivity contribution is 6.25. The lowest BCUT2D eigenvalue weighted by Crippen LogP contribution is -2.54. The van der Waals surface area contributed by atoms with Gasteiger partial charge in [0.15, 0.2) is 0 Å². The minimum atomic E-state index is -1.18. The quantitative estimate of drug-likeness (QED) is 0.757. The van der Waals surface area contributed by atoms with E-state index in [1.165, 1.54) is 18.2 Å². The lowest BCUT2D eigenvalue weighted by Gasteiger charge is -2.36. The number of fused-ring (bicyclic) bond motifs is 7. The zero-order valence-corrected chi connectivity index (χ0v) is 15.5. The Morgan fingerprint density at radius 2 is 1.86 bits per heavy atom. The molecule has 0 bridgehead atoms. The van der Waals surface area contributed by atoms with E-state index >= 15 is 0 Å². The van der Waals surface area contributed by atoms with E-state index in [0.717, 1.165) is 23.3 Å². The molecular formula is C22H18FN3O3. The lowest BCUT2D eigenvalue weighted by molar-refractivity contribution is -0.135. The van der Waals surface area contributed by atoms with Gasteiger partial charge >= 0.3 is 0 Å². The molecule has 0 saturated carbocycles. The summed E-state index contributed by atoms with van der Waals surface area (Å²) in [5.41, 5.74) is 0.484. The van der Waals surface area contributed by atoms with Crippen molar-refractivity contribution < 1.29 is 18.8 Å². The number of hydrogen-bond donors (Lipinski definition) is 1. The molecule has 1 spiro atoms. The second-order valence-corrected chi connectivity index (χ2v) is 8.16. The SMILES string of the molecule is O=C1[C@H]2[C@H]3CCCN3[C@]3(C(=O)Nc4ccccc43)[C@@H]2C(=O)N1c1cccc(F)c1. The highest BCUT2D eigenvalue weighted by atomic mass is 19.1. The van der Waals surface area contributed by atoms with Gasteiger partial charge in [0.05, 0.1) is 17.5 Å². The average molecular weight is 391 g/mol. The minimum absolute atomic E-state index is 0.174. The van der Waals surface area contributed by atoms with E-state index in [-0.39, 0.29) is 23.5 Å². The molecule has 2 aromatic carbocycles. The maximum Gasteiger partial charge on any atom is 0.250 e. The zero-order chi connectivity index (χ0) is 19.9. The van der Waals surface area contributed by atoms with Crippen LogP contribution in [-0.2, 0) is 19.9 Å². The van der Waals surface area contributed by atoms with E-state index in [1.54, 1.807) is 6.07 Å². The van der Waals surface area contributed by atoms with Crippen molar-refractivity contribution in [2.75, 3.05) is 16.8 Å². The van der Waals surface area contributed by atoms with Crippen LogP contribution in [0.2, 0.25) is 0 Å². The van der Waals surface area contributed by atoms with Gasteiger partial charge < -0.3 is 5.32 Å². The summed E-state index contributed by atoms with van der Waals surface area (Å²) in [6.45, 7) is 0.667. The third-order valence-corrected chi connectivity index (χ3v) is 6.97. The first-order valence-corrected chi connectivity index (χ1v) is 9.86. The first-order chi connectivity index (χ1) is 14.0. The standard InChI is InChI=1S/C22H18FN3O3/c23-12-5-3-6-13(11-12)26-19(27)17-16-9-4-10-25(16)22(18(17)20(26)28)14-7-1-2-8-15(14)24-21(22)29/h1-3,5-8,11,16-18H,4,9-10H2,(H,24,29)/t16-,17+,18+,22+/m1/s1. The van der Waals surface area contributed by atoms with E-state index < -0.39 is 29.1 Å². The summed E-state index contributed by atoms with van der Waals surface area (Å²) in [6, 6.07) is 12.7. The molecule has 3 saturated heterocycles. The number of rotatable bonds is 1. The number of para-hydroxylation sites is 1. The molecular weight excluding hydrogens is 373 g/mol. The van der Waals surface area contributed by atoms with Crippen molar-refractivity contribution >= 4 is 29.1 Å². The van der Waals surface area contributed by atoms with Crippen molar-refractivity contribution in [2.45, 2.75) is 24.4 Å². The Hall–Kier alpha value is -3.06. The Balaban J connectivity index is 1.56. The Bertz CT molecular complexity index is 1100. The van der Waals surface area contributed by atoms with E-state index in [2.05, 4.69) is 10.2 Å². The number of imide groups is 1. The van der Waals surface area contributed by atoms with Gasteiger partial charge in [0, 0.05) is 17.3 Å². The molecule has 4 aliphatic heterocycles. The molecule has 3 fully saturated rings. The average Bonchev–Trinajstić information content (AvgIpc) is 3.40. The molecule has 4 heterocycles. The molecule has 6 nitrogen and oxygen atoms in total. The van der Waals surface area contributed by atoms with Crippen molar-refractivity contribution in [3.63, 3.8) is 0 Å². The molecule has 146 valence electrons. The summed E-state index contributed by atoms with van der Waals surface area (Å²) in [4.78, 5) is 43.6. The van der Waals surface area contributed by atoms with Crippen molar-refractivity contribution in [1.82, 2.24) is 4.90 Å². The van der Waals surface area contributed by atoms with Gasteiger partial charge in [0.1, 0.15) is 11.4 Å². The highest BCUT2D eigenvalue weighted by Gasteiger charge is 2.74. The van der Waals surface area contributed by atoms with Gasteiger partial charge in [-0.3, -0.25) is 19.3 Å². The Morgan fingerprint density at radius 1 is 1.03 bits per heavy atom. The van der Waals surface area contributed by atoms with Crippen molar-refractivity contribution in [2.24, 2.45) is 11.8 Å². The molecule has 3 amide bonds. The molecule has 29 heavy (non-hydrogen) atoms. The molecule has 2 aromatic rings. The summed E-state index contributed by atoms with van der Waals surface area (Å²) in [5, 5.41) is 2.93. The number of anilines is 2. The maximum absolute atomic E-state index is 13.8. The van der Waals surface area contributed by atoms with E-state index in [1.807, 2.05) is 24.3 Å². The van der Waals surface area contributed by atoms with Crippen molar-refractivity contribution in [3.05, 3.63) is 59.9 Å². The molecule has 6 rings (SSSR count). The lowest BCUT2D eigenvalue weighted by atomic mass is 9.75. The molecule has 1 N–H and O–H groups in total. The smallest absolute Gasteiger partial charge is 0.250 e. The number of nitrogens with zero attached hydrogens (tertiary/aromatic N) is 2. The van der Waals surface area contributed by atoms with Crippen LogP contribution in [0.3, 0.4) is 0 Å². The van der Waals surface area contributed by atoms with Crippen LogP contribution >= 0.6 is 0 Å². The molecule has 4 aliphatic rings. The fourth-order valence-electron chi connectivity index (χ4n) is 6.03. The topological polar surface area (TPSA) is 69.7 Å². The minimum Gasteiger partial charge on any atom is -0.324 e. The number of carbonyl (C=O) groups is 3. The monoisotopic (exact) mass is 391 g/mol. The van der Waals surface area contributed by atoms with Crippen LogP contribution in [0.5, 0.6) is 0 Å². The Morgan fingerprint density at radius 3 is 2.69 bits per heavy atom. The second kappa shape index (κ2) is 5.51. The number of hydrogen-bond acceptors (Lipinski definition) is 4. The highest BCUT2D eigenvalue weighted by Crippen LogP contribution is 2.60. The van der Waals surface area contributed by atoms with Gasteiger partial charge in [-0.05, 0) is 43.7 Å². The fourth-order valence-corrected chi connectivity index (χ4v) is 6.03. The van der Waals surface area contributed by atoms with E-state index in [9.17, 15) is 18.8 Å². The predicted octanol–water partition coefficient (Wildman–Crippen LogP) is 2.26. The zero-order valence-electron chi connectivity index (χ0n) is 15.5. The number of benzene rings is 2. The van der Waals surface area contributed by atoms with E-state index in [4.69, 9.17) is 0 Å². The number of halogens is 1. The normalized spacial score (nSPS) is 32.7. The maximum atomic E-state index is 13.8. The summed E-state index contributed by atoms with van der Waals surface area (Å²) in [5.74, 6) is -2.94. The molecule has 0 unspecified atom stereocenters. The third kappa shape index (κ3) is 1.86. The molecule has 0 aromatic heterocycles. The fraction of sp³-hybridized carbons (Fsp3) is 0.318. The van der Waals surface area contributed by atoms with E-state index in [0.29, 0.717) is 12.2 Å². The van der Waals surface area contributed by atoms with Crippen LogP contribution in [0.4, 0.5) is 15.8 Å². The third-order valence-electron chi connectivity index (χ3n) is 6.97. The number of carbonyl (C=O) groups excluding carboxylic acids is 3. The first-order valence-electron chi connectivity index (χ1n) is 9.86. The van der Waals surface area contributed by atoms with Crippen LogP contribution < -0.4 is 10.2 Å². The molecule has 4 atom stereocenters. The van der Waals surface area contributed by atoms with Gasteiger partial charge in [-0.1, -0.05) is 24.3 Å². The van der Waals surface area contributed by atoms with Gasteiger partial charge in [-0.15, -0.1) is 0 Å².